The molecule has 2 amide bonds. The second kappa shape index (κ2) is 9.09. The molecule has 1 heterocycles. The molecule has 7 heteroatoms. The minimum absolute atomic E-state index is 0.188. The number of nitrogens with one attached hydrogen (secondary N) is 1. The summed E-state index contributed by atoms with van der Waals surface area (Å²) >= 11 is 0. The topological polar surface area (TPSA) is 67.9 Å². The molecule has 1 N–H and O–H groups in total. The summed E-state index contributed by atoms with van der Waals surface area (Å²) in [5, 5.41) is 2.78. The lowest BCUT2D eigenvalue weighted by atomic mass is 10.1. The quantitative estimate of drug-likeness (QED) is 0.617. The second-order valence-corrected chi connectivity index (χ2v) is 7.55. The molecule has 0 aromatic heterocycles. The number of nitrogens with zero attached hydrogens (tertiary/aromatic N) is 1. The standard InChI is InChI=1S/C25H23FN2O4/c1-16-3-10-21(11-4-16)31-14-13-28-22-15-20(9-12-23(22)32-17(2)25(28)30)27-24(29)18-5-7-19(26)8-6-18/h3-12,15,17H,13-14H2,1-2H3,(H,27,29). The van der Waals surface area contributed by atoms with Crippen LogP contribution in [0.25, 0.3) is 0 Å². The fourth-order valence-corrected chi connectivity index (χ4v) is 3.41. The van der Waals surface area contributed by atoms with Gasteiger partial charge in [-0.2, -0.15) is 0 Å². The smallest absolute Gasteiger partial charge is 0.267 e. The van der Waals surface area contributed by atoms with Crippen molar-refractivity contribution in [2.24, 2.45) is 0 Å². The summed E-state index contributed by atoms with van der Waals surface area (Å²) < 4.78 is 24.6. The molecule has 0 bridgehead atoms. The molecule has 0 fully saturated rings. The van der Waals surface area contributed by atoms with E-state index >= 15 is 0 Å². The minimum Gasteiger partial charge on any atom is -0.492 e. The van der Waals surface area contributed by atoms with Crippen LogP contribution in [0.4, 0.5) is 15.8 Å². The Morgan fingerprint density at radius 1 is 1.09 bits per heavy atom. The van der Waals surface area contributed by atoms with Crippen molar-refractivity contribution in [1.82, 2.24) is 0 Å². The van der Waals surface area contributed by atoms with Gasteiger partial charge in [0.05, 0.1) is 12.2 Å². The zero-order valence-electron chi connectivity index (χ0n) is 17.8. The first-order chi connectivity index (χ1) is 15.4. The molecule has 1 aliphatic heterocycles. The van der Waals surface area contributed by atoms with Crippen LogP contribution in [0, 0.1) is 12.7 Å². The Balaban J connectivity index is 1.50. The highest BCUT2D eigenvalue weighted by molar-refractivity contribution is 6.05. The van der Waals surface area contributed by atoms with Gasteiger partial charge in [-0.05, 0) is 68.4 Å². The molecule has 0 aliphatic carbocycles. The van der Waals surface area contributed by atoms with Gasteiger partial charge in [-0.1, -0.05) is 17.7 Å². The van der Waals surface area contributed by atoms with E-state index in [1.165, 1.54) is 24.3 Å². The van der Waals surface area contributed by atoms with E-state index in [4.69, 9.17) is 9.47 Å². The van der Waals surface area contributed by atoms with Gasteiger partial charge in [-0.15, -0.1) is 0 Å². The molecule has 6 nitrogen and oxygen atoms in total. The number of halogens is 1. The number of hydrogen-bond acceptors (Lipinski definition) is 4. The van der Waals surface area contributed by atoms with Crippen molar-refractivity contribution >= 4 is 23.2 Å². The number of carbonyl (C=O) groups excluding carboxylic acids is 2. The Labute approximate surface area is 185 Å². The Morgan fingerprint density at radius 3 is 2.53 bits per heavy atom. The van der Waals surface area contributed by atoms with Gasteiger partial charge in [-0.25, -0.2) is 4.39 Å². The zero-order valence-corrected chi connectivity index (χ0v) is 17.8. The number of ether oxygens (including phenoxy) is 2. The SMILES string of the molecule is Cc1ccc(OCCN2C(=O)C(C)Oc3ccc(NC(=O)c4ccc(F)cc4)cc32)cc1. The van der Waals surface area contributed by atoms with Crippen LogP contribution in [0.3, 0.4) is 0 Å². The summed E-state index contributed by atoms with van der Waals surface area (Å²) in [6.45, 7) is 4.32. The van der Waals surface area contributed by atoms with Gasteiger partial charge in [-0.3, -0.25) is 9.59 Å². The number of aryl methyl sites for hydroxylation is 1. The van der Waals surface area contributed by atoms with Gasteiger partial charge < -0.3 is 19.7 Å². The second-order valence-electron chi connectivity index (χ2n) is 7.55. The van der Waals surface area contributed by atoms with Crippen molar-refractivity contribution in [3.63, 3.8) is 0 Å². The van der Waals surface area contributed by atoms with E-state index in [1.807, 2.05) is 31.2 Å². The highest BCUT2D eigenvalue weighted by Crippen LogP contribution is 2.36. The Bertz CT molecular complexity index is 1130. The normalized spacial score (nSPS) is 15.0. The Hall–Kier alpha value is -3.87. The van der Waals surface area contributed by atoms with Crippen LogP contribution in [0.15, 0.2) is 66.7 Å². The van der Waals surface area contributed by atoms with Crippen molar-refractivity contribution in [2.45, 2.75) is 20.0 Å². The number of carbonyl (C=O) groups is 2. The monoisotopic (exact) mass is 434 g/mol. The van der Waals surface area contributed by atoms with Gasteiger partial charge in [0.2, 0.25) is 0 Å². The van der Waals surface area contributed by atoms with Crippen molar-refractivity contribution in [1.29, 1.82) is 0 Å². The fourth-order valence-electron chi connectivity index (χ4n) is 3.41. The Morgan fingerprint density at radius 2 is 1.81 bits per heavy atom. The van der Waals surface area contributed by atoms with Gasteiger partial charge in [0.25, 0.3) is 11.8 Å². The van der Waals surface area contributed by atoms with Crippen molar-refractivity contribution in [3.05, 3.63) is 83.7 Å². The molecule has 1 atom stereocenters. The van der Waals surface area contributed by atoms with Crippen LogP contribution >= 0.6 is 0 Å². The summed E-state index contributed by atoms with van der Waals surface area (Å²) in [6.07, 6.45) is -0.624. The first-order valence-electron chi connectivity index (χ1n) is 10.3. The van der Waals surface area contributed by atoms with Gasteiger partial charge >= 0.3 is 0 Å². The minimum atomic E-state index is -0.624. The maximum Gasteiger partial charge on any atom is 0.267 e. The molecule has 164 valence electrons. The molecular weight excluding hydrogens is 411 g/mol. The first-order valence-corrected chi connectivity index (χ1v) is 10.3. The van der Waals surface area contributed by atoms with E-state index in [0.717, 1.165) is 11.3 Å². The molecule has 0 radical (unpaired) electrons. The van der Waals surface area contributed by atoms with Crippen molar-refractivity contribution in [3.8, 4) is 11.5 Å². The molecular formula is C25H23FN2O4. The van der Waals surface area contributed by atoms with E-state index in [1.54, 1.807) is 30.0 Å². The largest absolute Gasteiger partial charge is 0.492 e. The Kier molecular flexibility index (Phi) is 6.07. The molecule has 0 saturated carbocycles. The van der Waals surface area contributed by atoms with Crippen LogP contribution in [0.2, 0.25) is 0 Å². The number of amides is 2. The molecule has 0 saturated heterocycles. The highest BCUT2D eigenvalue weighted by Gasteiger charge is 2.31. The summed E-state index contributed by atoms with van der Waals surface area (Å²) in [6, 6.07) is 18.1. The maximum atomic E-state index is 13.1. The predicted molar refractivity (Wildman–Crippen MR) is 120 cm³/mol. The van der Waals surface area contributed by atoms with Gasteiger partial charge in [0.1, 0.15) is 23.9 Å². The average molecular weight is 434 g/mol. The summed E-state index contributed by atoms with van der Waals surface area (Å²) in [5.41, 5.74) is 2.51. The first kappa shape index (κ1) is 21.4. The van der Waals surface area contributed by atoms with Crippen LogP contribution in [-0.4, -0.2) is 31.1 Å². The van der Waals surface area contributed by atoms with Crippen molar-refractivity contribution < 1.29 is 23.5 Å². The number of benzene rings is 3. The van der Waals surface area contributed by atoms with Crippen molar-refractivity contribution in [2.75, 3.05) is 23.4 Å². The lowest BCUT2D eigenvalue weighted by Gasteiger charge is -2.33. The third kappa shape index (κ3) is 4.72. The molecule has 3 aromatic rings. The lowest BCUT2D eigenvalue weighted by Crippen LogP contribution is -2.46. The van der Waals surface area contributed by atoms with Gasteiger partial charge in [0.15, 0.2) is 6.10 Å². The molecule has 32 heavy (non-hydrogen) atoms. The van der Waals surface area contributed by atoms with Crippen LogP contribution in [0.5, 0.6) is 11.5 Å². The molecule has 0 spiro atoms. The average Bonchev–Trinajstić information content (AvgIpc) is 2.78. The lowest BCUT2D eigenvalue weighted by molar-refractivity contribution is -0.125. The fraction of sp³-hybridized carbons (Fsp3) is 0.200. The van der Waals surface area contributed by atoms with Crippen LogP contribution in [-0.2, 0) is 4.79 Å². The van der Waals surface area contributed by atoms with E-state index in [9.17, 15) is 14.0 Å². The van der Waals surface area contributed by atoms with E-state index in [2.05, 4.69) is 5.32 Å². The number of fused-ring (bicyclic) bond motifs is 1. The summed E-state index contributed by atoms with van der Waals surface area (Å²) in [5.74, 6) is 0.295. The third-order valence-electron chi connectivity index (χ3n) is 5.14. The number of anilines is 2. The number of hydrogen-bond donors (Lipinski definition) is 1. The van der Waals surface area contributed by atoms with Gasteiger partial charge in [0, 0.05) is 11.3 Å². The van der Waals surface area contributed by atoms with Crippen LogP contribution in [0.1, 0.15) is 22.8 Å². The molecule has 3 aromatic carbocycles. The molecule has 1 aliphatic rings. The maximum absolute atomic E-state index is 13.1. The molecule has 4 rings (SSSR count). The summed E-state index contributed by atoms with van der Waals surface area (Å²) in [7, 11) is 0. The van der Waals surface area contributed by atoms with E-state index in [0.29, 0.717) is 35.8 Å². The zero-order chi connectivity index (χ0) is 22.7. The third-order valence-corrected chi connectivity index (χ3v) is 5.14. The number of rotatable bonds is 6. The van der Waals surface area contributed by atoms with E-state index in [-0.39, 0.29) is 11.8 Å². The van der Waals surface area contributed by atoms with Crippen LogP contribution < -0.4 is 19.7 Å². The van der Waals surface area contributed by atoms with E-state index < -0.39 is 11.9 Å². The molecule has 1 unspecified atom stereocenters. The predicted octanol–water partition coefficient (Wildman–Crippen LogP) is 4.58. The highest BCUT2D eigenvalue weighted by atomic mass is 19.1. The summed E-state index contributed by atoms with van der Waals surface area (Å²) in [4.78, 5) is 26.9.